The minimum absolute atomic E-state index is 0.0175. The number of hydrogen-bond acceptors (Lipinski definition) is 4. The second-order valence-corrected chi connectivity index (χ2v) is 3.89. The topological polar surface area (TPSA) is 79.0 Å². The molecule has 0 aliphatic carbocycles. The molecule has 0 saturated carbocycles. The average Bonchev–Trinajstić information content (AvgIpc) is 2.37. The Balaban J connectivity index is 4.13. The van der Waals surface area contributed by atoms with E-state index < -0.39 is 12.0 Å². The highest BCUT2D eigenvalue weighted by Crippen LogP contribution is 1.93. The molecular weight excluding hydrogens is 250 g/mol. The van der Waals surface area contributed by atoms with Crippen molar-refractivity contribution >= 4 is 17.9 Å². The van der Waals surface area contributed by atoms with E-state index in [-0.39, 0.29) is 25.6 Å². The fourth-order valence-corrected chi connectivity index (χ4v) is 1.45. The van der Waals surface area contributed by atoms with Crippen molar-refractivity contribution in [3.63, 3.8) is 0 Å². The molecule has 0 aliphatic heterocycles. The summed E-state index contributed by atoms with van der Waals surface area (Å²) in [5, 5.41) is 2.39. The molecule has 3 amide bonds. The molecule has 0 bridgehead atoms. The monoisotopic (exact) mass is 273 g/mol. The molecule has 0 aromatic rings. The number of amides is 3. The number of carbonyl (C=O) groups is 3. The smallest absolute Gasteiger partial charge is 0.325 e. The fraction of sp³-hybridized carbons (Fsp3) is 0.750. The highest BCUT2D eigenvalue weighted by atomic mass is 16.5. The number of nitrogens with one attached hydrogen (secondary N) is 1. The molecule has 0 radical (unpaired) electrons. The fourth-order valence-electron chi connectivity index (χ4n) is 1.45. The highest BCUT2D eigenvalue weighted by Gasteiger charge is 2.16. The van der Waals surface area contributed by atoms with Gasteiger partial charge in [-0.1, -0.05) is 0 Å². The molecule has 0 fully saturated rings. The van der Waals surface area contributed by atoms with Crippen molar-refractivity contribution in [1.82, 2.24) is 15.1 Å². The molecule has 7 heteroatoms. The maximum Gasteiger partial charge on any atom is 0.325 e. The molecule has 0 aromatic carbocycles. The lowest BCUT2D eigenvalue weighted by Crippen LogP contribution is -2.45. The van der Waals surface area contributed by atoms with Crippen LogP contribution in [0.5, 0.6) is 0 Å². The standard InChI is InChI=1S/C12H23N3O4/c1-5-15(6-2)10(16)9-14(4)12(18)13-8-11(17)19-7-3/h5-9H2,1-4H3,(H,13,18). The minimum Gasteiger partial charge on any atom is -0.465 e. The van der Waals surface area contributed by atoms with E-state index in [1.807, 2.05) is 13.8 Å². The van der Waals surface area contributed by atoms with E-state index in [9.17, 15) is 14.4 Å². The quantitative estimate of drug-likeness (QED) is 0.665. The number of nitrogens with zero attached hydrogens (tertiary/aromatic N) is 2. The van der Waals surface area contributed by atoms with Crippen molar-refractivity contribution < 1.29 is 19.1 Å². The first kappa shape index (κ1) is 17.2. The second-order valence-electron chi connectivity index (χ2n) is 3.89. The van der Waals surface area contributed by atoms with E-state index in [1.165, 1.54) is 11.9 Å². The summed E-state index contributed by atoms with van der Waals surface area (Å²) in [6.45, 7) is 6.71. The van der Waals surface area contributed by atoms with Crippen LogP contribution in [0.2, 0.25) is 0 Å². The first-order chi connectivity index (χ1) is 8.96. The van der Waals surface area contributed by atoms with Gasteiger partial charge in [-0.2, -0.15) is 0 Å². The lowest BCUT2D eigenvalue weighted by atomic mass is 10.4. The zero-order valence-corrected chi connectivity index (χ0v) is 12.1. The third-order valence-corrected chi connectivity index (χ3v) is 2.52. The molecule has 0 atom stereocenters. The van der Waals surface area contributed by atoms with E-state index in [4.69, 9.17) is 0 Å². The summed E-state index contributed by atoms with van der Waals surface area (Å²) in [5.74, 6) is -0.627. The van der Waals surface area contributed by atoms with E-state index in [2.05, 4.69) is 10.1 Å². The van der Waals surface area contributed by atoms with Crippen molar-refractivity contribution in [2.24, 2.45) is 0 Å². The SMILES string of the molecule is CCOC(=O)CNC(=O)N(C)CC(=O)N(CC)CC. The number of urea groups is 1. The van der Waals surface area contributed by atoms with Gasteiger partial charge in [0.25, 0.3) is 0 Å². The van der Waals surface area contributed by atoms with E-state index in [0.717, 1.165) is 0 Å². The van der Waals surface area contributed by atoms with Crippen molar-refractivity contribution in [3.05, 3.63) is 0 Å². The van der Waals surface area contributed by atoms with E-state index in [1.54, 1.807) is 11.8 Å². The third-order valence-electron chi connectivity index (χ3n) is 2.52. The van der Waals surface area contributed by atoms with Crippen LogP contribution in [0, 0.1) is 0 Å². The molecule has 1 N–H and O–H groups in total. The van der Waals surface area contributed by atoms with Gasteiger partial charge in [0, 0.05) is 20.1 Å². The first-order valence-electron chi connectivity index (χ1n) is 6.38. The Morgan fingerprint density at radius 3 is 2.16 bits per heavy atom. The number of carbonyl (C=O) groups excluding carboxylic acids is 3. The summed E-state index contributed by atoms with van der Waals surface area (Å²) in [7, 11) is 1.50. The molecule has 0 aromatic heterocycles. The average molecular weight is 273 g/mol. The van der Waals surface area contributed by atoms with Crippen LogP contribution in [0.4, 0.5) is 4.79 Å². The predicted octanol–water partition coefficient (Wildman–Crippen LogP) is 0.0593. The Morgan fingerprint density at radius 1 is 1.11 bits per heavy atom. The summed E-state index contributed by atoms with van der Waals surface area (Å²) in [5.41, 5.74) is 0. The van der Waals surface area contributed by atoms with Gasteiger partial charge in [-0.05, 0) is 20.8 Å². The summed E-state index contributed by atoms with van der Waals surface area (Å²) in [4.78, 5) is 37.3. The number of likely N-dealkylation sites (N-methyl/N-ethyl adjacent to an activating group) is 2. The summed E-state index contributed by atoms with van der Waals surface area (Å²) in [6.07, 6.45) is 0. The van der Waals surface area contributed by atoms with Crippen LogP contribution in [0.1, 0.15) is 20.8 Å². The Morgan fingerprint density at radius 2 is 1.68 bits per heavy atom. The van der Waals surface area contributed by atoms with Crippen molar-refractivity contribution in [2.45, 2.75) is 20.8 Å². The summed E-state index contributed by atoms with van der Waals surface area (Å²) >= 11 is 0. The minimum atomic E-state index is -0.501. The molecule has 0 heterocycles. The van der Waals surface area contributed by atoms with E-state index >= 15 is 0 Å². The maximum atomic E-state index is 11.8. The van der Waals surface area contributed by atoms with Crippen LogP contribution in [0.3, 0.4) is 0 Å². The van der Waals surface area contributed by atoms with Gasteiger partial charge in [0.15, 0.2) is 0 Å². The molecule has 0 unspecified atom stereocenters. The Hall–Kier alpha value is -1.79. The van der Waals surface area contributed by atoms with Gasteiger partial charge < -0.3 is 19.9 Å². The Kier molecular flexibility index (Phi) is 8.32. The summed E-state index contributed by atoms with van der Waals surface area (Å²) < 4.78 is 4.68. The van der Waals surface area contributed by atoms with Gasteiger partial charge in [-0.3, -0.25) is 9.59 Å². The third kappa shape index (κ3) is 6.64. The Labute approximate surface area is 113 Å². The van der Waals surface area contributed by atoms with Gasteiger partial charge in [-0.25, -0.2) is 4.79 Å². The van der Waals surface area contributed by atoms with E-state index in [0.29, 0.717) is 13.1 Å². The Bertz CT molecular complexity index is 316. The molecule has 110 valence electrons. The van der Waals surface area contributed by atoms with Gasteiger partial charge in [0.05, 0.1) is 6.61 Å². The van der Waals surface area contributed by atoms with Crippen LogP contribution in [0.15, 0.2) is 0 Å². The molecule has 0 aliphatic rings. The maximum absolute atomic E-state index is 11.8. The van der Waals surface area contributed by atoms with Crippen LogP contribution >= 0.6 is 0 Å². The number of rotatable bonds is 7. The lowest BCUT2D eigenvalue weighted by Gasteiger charge is -2.23. The molecule has 7 nitrogen and oxygen atoms in total. The molecule has 0 rings (SSSR count). The lowest BCUT2D eigenvalue weighted by molar-refractivity contribution is -0.141. The zero-order valence-electron chi connectivity index (χ0n) is 12.1. The zero-order chi connectivity index (χ0) is 14.8. The number of ether oxygens (including phenoxy) is 1. The normalized spacial score (nSPS) is 9.68. The van der Waals surface area contributed by atoms with Gasteiger partial charge in [-0.15, -0.1) is 0 Å². The molecule has 19 heavy (non-hydrogen) atoms. The van der Waals surface area contributed by atoms with Crippen LogP contribution < -0.4 is 5.32 Å². The van der Waals surface area contributed by atoms with Crippen molar-refractivity contribution in [1.29, 1.82) is 0 Å². The van der Waals surface area contributed by atoms with Crippen molar-refractivity contribution in [3.8, 4) is 0 Å². The molecule has 0 saturated heterocycles. The first-order valence-corrected chi connectivity index (χ1v) is 6.38. The van der Waals surface area contributed by atoms with Crippen LogP contribution in [0.25, 0.3) is 0 Å². The molecule has 0 spiro atoms. The van der Waals surface area contributed by atoms with Gasteiger partial charge in [0.1, 0.15) is 13.1 Å². The number of hydrogen-bond donors (Lipinski definition) is 1. The van der Waals surface area contributed by atoms with Crippen LogP contribution in [-0.4, -0.2) is 67.5 Å². The van der Waals surface area contributed by atoms with Gasteiger partial charge >= 0.3 is 12.0 Å². The molecular formula is C12H23N3O4. The van der Waals surface area contributed by atoms with Crippen molar-refractivity contribution in [2.75, 3.05) is 39.8 Å². The van der Waals surface area contributed by atoms with Crippen LogP contribution in [-0.2, 0) is 14.3 Å². The summed E-state index contributed by atoms with van der Waals surface area (Å²) in [6, 6.07) is -0.478. The largest absolute Gasteiger partial charge is 0.465 e. The van der Waals surface area contributed by atoms with Gasteiger partial charge in [0.2, 0.25) is 5.91 Å². The number of esters is 1. The second kappa shape index (κ2) is 9.18. The predicted molar refractivity (Wildman–Crippen MR) is 70.6 cm³/mol. The highest BCUT2D eigenvalue weighted by molar-refractivity contribution is 5.85.